The van der Waals surface area contributed by atoms with E-state index in [4.69, 9.17) is 10.2 Å². The highest BCUT2D eigenvalue weighted by Gasteiger charge is 2.26. The van der Waals surface area contributed by atoms with Crippen molar-refractivity contribution in [1.82, 2.24) is 4.98 Å². The Morgan fingerprint density at radius 1 is 1.03 bits per heavy atom. The fourth-order valence-electron chi connectivity index (χ4n) is 3.98. The van der Waals surface area contributed by atoms with E-state index in [9.17, 15) is 19.2 Å². The zero-order valence-electron chi connectivity index (χ0n) is 18.8. The molecule has 5 rings (SSSR count). The summed E-state index contributed by atoms with van der Waals surface area (Å²) in [4.78, 5) is 47.9. The first-order valence-corrected chi connectivity index (χ1v) is 10.9. The molecule has 3 aromatic rings. The SMILES string of the molecule is Cc1c(CCC(=O)O)c[nH]c1C=C1C(=O)Nc2ccc(C(=O)O)cc21.O=C1Cc2ccccc2N1. The number of para-hydroxylation sites is 1. The van der Waals surface area contributed by atoms with Crippen LogP contribution in [0.2, 0.25) is 0 Å². The normalized spacial score (nSPS) is 14.5. The van der Waals surface area contributed by atoms with Gasteiger partial charge < -0.3 is 25.8 Å². The van der Waals surface area contributed by atoms with Crippen LogP contribution < -0.4 is 10.6 Å². The van der Waals surface area contributed by atoms with Gasteiger partial charge in [0, 0.05) is 35.2 Å². The predicted octanol–water partition coefficient (Wildman–Crippen LogP) is 3.71. The number of rotatable bonds is 5. The van der Waals surface area contributed by atoms with E-state index in [0.29, 0.717) is 35.4 Å². The maximum absolute atomic E-state index is 12.2. The molecule has 2 aromatic carbocycles. The number of nitrogens with one attached hydrogen (secondary N) is 3. The van der Waals surface area contributed by atoms with E-state index in [1.807, 2.05) is 31.2 Å². The Bertz CT molecular complexity index is 1360. The summed E-state index contributed by atoms with van der Waals surface area (Å²) in [7, 11) is 0. The lowest BCUT2D eigenvalue weighted by molar-refractivity contribution is -0.137. The quantitative estimate of drug-likeness (QED) is 0.357. The van der Waals surface area contributed by atoms with E-state index in [2.05, 4.69) is 15.6 Å². The van der Waals surface area contributed by atoms with E-state index in [1.54, 1.807) is 18.3 Å². The van der Waals surface area contributed by atoms with E-state index >= 15 is 0 Å². The number of aromatic carboxylic acids is 1. The van der Waals surface area contributed by atoms with Crippen molar-refractivity contribution < 1.29 is 29.4 Å². The van der Waals surface area contributed by atoms with Crippen molar-refractivity contribution in [3.8, 4) is 0 Å². The van der Waals surface area contributed by atoms with E-state index in [-0.39, 0.29) is 23.8 Å². The van der Waals surface area contributed by atoms with Crippen molar-refractivity contribution >= 4 is 46.8 Å². The number of carbonyl (C=O) groups is 4. The molecule has 2 aliphatic heterocycles. The third-order valence-electron chi connectivity index (χ3n) is 5.88. The van der Waals surface area contributed by atoms with Gasteiger partial charge >= 0.3 is 11.9 Å². The topological polar surface area (TPSA) is 149 Å². The highest BCUT2D eigenvalue weighted by Crippen LogP contribution is 2.34. The number of hydrogen-bond acceptors (Lipinski definition) is 4. The molecule has 0 saturated heterocycles. The van der Waals surface area contributed by atoms with Gasteiger partial charge in [-0.25, -0.2) is 4.79 Å². The Morgan fingerprint density at radius 2 is 1.80 bits per heavy atom. The lowest BCUT2D eigenvalue weighted by Crippen LogP contribution is -2.03. The van der Waals surface area contributed by atoms with Crippen LogP contribution in [0.5, 0.6) is 0 Å². The van der Waals surface area contributed by atoms with E-state index in [1.165, 1.54) is 12.1 Å². The molecule has 0 radical (unpaired) electrons. The number of benzene rings is 2. The van der Waals surface area contributed by atoms with Crippen LogP contribution in [-0.4, -0.2) is 39.0 Å². The Kier molecular flexibility index (Phi) is 6.50. The number of carboxylic acids is 2. The number of carboxylic acid groups (broad SMARTS) is 2. The first kappa shape index (κ1) is 23.5. The standard InChI is InChI=1S/C18H16N2O5.C8H7NO/c1-9-11(3-5-16(21)22)8-19-15(9)7-13-12-6-10(18(24)25)2-4-14(12)20-17(13)23;10-8-5-6-3-1-2-4-7(6)9-8/h2,4,6-8,19H,3,5H2,1H3,(H,20,23)(H,21,22)(H,24,25);1-4H,5H2,(H,9,10). The summed E-state index contributed by atoms with van der Waals surface area (Å²) in [6, 6.07) is 12.2. The third kappa shape index (κ3) is 5.14. The van der Waals surface area contributed by atoms with Crippen molar-refractivity contribution in [3.05, 3.63) is 82.2 Å². The molecule has 0 aliphatic carbocycles. The van der Waals surface area contributed by atoms with Crippen LogP contribution in [0.15, 0.2) is 48.7 Å². The molecule has 0 unspecified atom stereocenters. The van der Waals surface area contributed by atoms with Gasteiger partial charge in [-0.05, 0) is 60.4 Å². The Labute approximate surface area is 200 Å². The molecular weight excluding hydrogens is 450 g/mol. The minimum atomic E-state index is -1.06. The van der Waals surface area contributed by atoms with Crippen LogP contribution in [0, 0.1) is 6.92 Å². The fourth-order valence-corrected chi connectivity index (χ4v) is 3.98. The maximum Gasteiger partial charge on any atom is 0.335 e. The molecule has 178 valence electrons. The largest absolute Gasteiger partial charge is 0.481 e. The van der Waals surface area contributed by atoms with Gasteiger partial charge in [0.1, 0.15) is 0 Å². The van der Waals surface area contributed by atoms with Gasteiger partial charge in [0.05, 0.1) is 17.6 Å². The first-order valence-electron chi connectivity index (χ1n) is 10.9. The second-order valence-corrected chi connectivity index (χ2v) is 8.21. The number of aliphatic carboxylic acids is 1. The van der Waals surface area contributed by atoms with Gasteiger partial charge in [-0.3, -0.25) is 14.4 Å². The van der Waals surface area contributed by atoms with Crippen LogP contribution in [0.25, 0.3) is 11.6 Å². The molecule has 35 heavy (non-hydrogen) atoms. The van der Waals surface area contributed by atoms with Crippen molar-refractivity contribution in [3.63, 3.8) is 0 Å². The molecule has 0 saturated carbocycles. The average Bonchev–Trinajstić information content (AvgIpc) is 3.47. The second kappa shape index (κ2) is 9.68. The zero-order valence-corrected chi connectivity index (χ0v) is 18.8. The first-order chi connectivity index (χ1) is 16.7. The summed E-state index contributed by atoms with van der Waals surface area (Å²) in [6.07, 6.45) is 4.35. The monoisotopic (exact) mass is 473 g/mol. The summed E-state index contributed by atoms with van der Waals surface area (Å²) in [5.41, 5.74) is 6.07. The van der Waals surface area contributed by atoms with Crippen LogP contribution in [0.1, 0.15) is 44.7 Å². The second-order valence-electron chi connectivity index (χ2n) is 8.21. The van der Waals surface area contributed by atoms with Crippen molar-refractivity contribution in [1.29, 1.82) is 0 Å². The highest BCUT2D eigenvalue weighted by molar-refractivity contribution is 6.35. The molecular formula is C26H23N3O6. The Hall–Kier alpha value is -4.66. The van der Waals surface area contributed by atoms with Gasteiger partial charge in [0.15, 0.2) is 0 Å². The minimum absolute atomic E-state index is 0.0278. The number of fused-ring (bicyclic) bond motifs is 2. The molecule has 5 N–H and O–H groups in total. The predicted molar refractivity (Wildman–Crippen MR) is 130 cm³/mol. The number of anilines is 2. The number of carbonyl (C=O) groups excluding carboxylic acids is 2. The molecule has 0 spiro atoms. The minimum Gasteiger partial charge on any atom is -0.481 e. The van der Waals surface area contributed by atoms with Crippen LogP contribution in [0.3, 0.4) is 0 Å². The fraction of sp³-hybridized carbons (Fsp3) is 0.154. The number of amides is 2. The third-order valence-corrected chi connectivity index (χ3v) is 5.88. The molecule has 2 aliphatic rings. The van der Waals surface area contributed by atoms with Crippen LogP contribution >= 0.6 is 0 Å². The summed E-state index contributed by atoms with van der Waals surface area (Å²) >= 11 is 0. The molecule has 3 heterocycles. The van der Waals surface area contributed by atoms with Gasteiger partial charge in [-0.15, -0.1) is 0 Å². The smallest absolute Gasteiger partial charge is 0.335 e. The molecule has 0 bridgehead atoms. The number of H-pyrrole nitrogens is 1. The van der Waals surface area contributed by atoms with E-state index < -0.39 is 11.9 Å². The lowest BCUT2D eigenvalue weighted by Gasteiger charge is -2.01. The van der Waals surface area contributed by atoms with Crippen molar-refractivity contribution in [2.24, 2.45) is 0 Å². The molecule has 9 heteroatoms. The molecule has 0 fully saturated rings. The number of aromatic amines is 1. The Balaban J connectivity index is 0.000000239. The lowest BCUT2D eigenvalue weighted by atomic mass is 10.0. The van der Waals surface area contributed by atoms with Crippen LogP contribution in [-0.2, 0) is 27.2 Å². The summed E-state index contributed by atoms with van der Waals surface area (Å²) in [6.45, 7) is 1.85. The van der Waals surface area contributed by atoms with Gasteiger partial charge in [-0.1, -0.05) is 18.2 Å². The number of aromatic nitrogens is 1. The highest BCUT2D eigenvalue weighted by atomic mass is 16.4. The van der Waals surface area contributed by atoms with Crippen LogP contribution in [0.4, 0.5) is 11.4 Å². The molecule has 9 nitrogen and oxygen atoms in total. The van der Waals surface area contributed by atoms with Gasteiger partial charge in [-0.2, -0.15) is 0 Å². The molecule has 2 amide bonds. The average molecular weight is 473 g/mol. The molecule has 1 aromatic heterocycles. The number of aryl methyl sites for hydroxylation is 1. The summed E-state index contributed by atoms with van der Waals surface area (Å²) in [5.74, 6) is -2.14. The maximum atomic E-state index is 12.2. The molecule has 0 atom stereocenters. The zero-order chi connectivity index (χ0) is 25.1. The summed E-state index contributed by atoms with van der Waals surface area (Å²) < 4.78 is 0. The Morgan fingerprint density at radius 3 is 2.51 bits per heavy atom. The summed E-state index contributed by atoms with van der Waals surface area (Å²) in [5, 5.41) is 23.4. The van der Waals surface area contributed by atoms with Crippen molar-refractivity contribution in [2.45, 2.75) is 26.2 Å². The van der Waals surface area contributed by atoms with E-state index in [0.717, 1.165) is 22.4 Å². The van der Waals surface area contributed by atoms with Gasteiger partial charge in [0.25, 0.3) is 5.91 Å². The van der Waals surface area contributed by atoms with Crippen molar-refractivity contribution in [2.75, 3.05) is 10.6 Å². The number of hydrogen-bond donors (Lipinski definition) is 5. The van der Waals surface area contributed by atoms with Gasteiger partial charge in [0.2, 0.25) is 5.91 Å².